The normalized spacial score (nSPS) is 24.1. The molecule has 3 aliphatic rings. The lowest BCUT2D eigenvalue weighted by Crippen LogP contribution is -2.38. The lowest BCUT2D eigenvalue weighted by Gasteiger charge is -2.31. The van der Waals surface area contributed by atoms with E-state index >= 15 is 0 Å². The predicted octanol–water partition coefficient (Wildman–Crippen LogP) is 3.12. The van der Waals surface area contributed by atoms with E-state index in [1.54, 1.807) is 35.2 Å². The first kappa shape index (κ1) is 25.9. The zero-order chi connectivity index (χ0) is 26.9. The van der Waals surface area contributed by atoms with E-state index in [2.05, 4.69) is 15.0 Å². The van der Waals surface area contributed by atoms with Gasteiger partial charge in [-0.1, -0.05) is 12.1 Å². The number of ether oxygens (including phenoxy) is 2. The number of fused-ring (bicyclic) bond motifs is 1. The topological polar surface area (TPSA) is 106 Å². The van der Waals surface area contributed by atoms with Crippen molar-refractivity contribution in [2.75, 3.05) is 44.3 Å². The summed E-state index contributed by atoms with van der Waals surface area (Å²) in [5.74, 6) is 0.598. The first-order chi connectivity index (χ1) is 19.0. The molecule has 1 aromatic carbocycles. The summed E-state index contributed by atoms with van der Waals surface area (Å²) >= 11 is 0. The number of β-amino-alcohol motifs (C(OH)–C–C–N with tert-alkyl or cyclic N) is 1. The van der Waals surface area contributed by atoms with E-state index in [0.717, 1.165) is 0 Å². The van der Waals surface area contributed by atoms with Crippen molar-refractivity contribution in [2.24, 2.45) is 5.92 Å². The average molecular weight is 543 g/mol. The van der Waals surface area contributed by atoms with Crippen molar-refractivity contribution in [1.82, 2.24) is 24.4 Å². The van der Waals surface area contributed by atoms with Crippen LogP contribution in [0.4, 0.5) is 14.7 Å². The minimum Gasteiger partial charge on any atom is -0.474 e. The standard InChI is InChI=1S/C27H32F2N6O4/c28-24(29)25-30-20-3-1-2-4-21(20)35(25)22-15-23(32-27(31-22)33-11-13-38-14-12-33)39-19-7-5-17(6-8-19)26(37)34-10-9-18(36)16-34/h1-4,15,17-19,24,36H,5-14,16H2/t17?,18-,19?/m0/s1. The van der Waals surface area contributed by atoms with Crippen molar-refractivity contribution in [1.29, 1.82) is 0 Å². The van der Waals surface area contributed by atoms with Crippen molar-refractivity contribution in [2.45, 2.75) is 50.7 Å². The zero-order valence-electron chi connectivity index (χ0n) is 21.6. The van der Waals surface area contributed by atoms with Crippen molar-refractivity contribution >= 4 is 22.9 Å². The summed E-state index contributed by atoms with van der Waals surface area (Å²) in [4.78, 5) is 30.1. The van der Waals surface area contributed by atoms with Crippen LogP contribution < -0.4 is 9.64 Å². The monoisotopic (exact) mass is 542 g/mol. The number of hydrogen-bond acceptors (Lipinski definition) is 8. The maximum absolute atomic E-state index is 14.1. The largest absolute Gasteiger partial charge is 0.474 e. The number of benzene rings is 1. The molecule has 0 spiro atoms. The number of hydrogen-bond donors (Lipinski definition) is 1. The maximum Gasteiger partial charge on any atom is 0.296 e. The third-order valence-electron chi connectivity index (χ3n) is 7.77. The molecular weight excluding hydrogens is 510 g/mol. The van der Waals surface area contributed by atoms with Gasteiger partial charge in [-0.15, -0.1) is 0 Å². The number of rotatable bonds is 6. The van der Waals surface area contributed by atoms with E-state index in [-0.39, 0.29) is 29.6 Å². The second kappa shape index (κ2) is 11.0. The summed E-state index contributed by atoms with van der Waals surface area (Å²) in [5, 5.41) is 9.78. The maximum atomic E-state index is 14.1. The van der Waals surface area contributed by atoms with Crippen molar-refractivity contribution in [3.05, 3.63) is 36.2 Å². The van der Waals surface area contributed by atoms with Gasteiger partial charge < -0.3 is 24.4 Å². The van der Waals surface area contributed by atoms with E-state index in [1.165, 1.54) is 4.57 Å². The van der Waals surface area contributed by atoms with Crippen LogP contribution in [-0.4, -0.2) is 87.0 Å². The summed E-state index contributed by atoms with van der Waals surface area (Å²) in [6.45, 7) is 3.21. The van der Waals surface area contributed by atoms with Gasteiger partial charge in [-0.05, 0) is 44.2 Å². The summed E-state index contributed by atoms with van der Waals surface area (Å²) in [6.07, 6.45) is -0.0337. The number of nitrogens with zero attached hydrogens (tertiary/aromatic N) is 6. The highest BCUT2D eigenvalue weighted by atomic mass is 19.3. The number of aromatic nitrogens is 4. The number of morpholine rings is 1. The third kappa shape index (κ3) is 5.40. The molecule has 3 fully saturated rings. The molecule has 0 bridgehead atoms. The molecule has 0 radical (unpaired) electrons. The van der Waals surface area contributed by atoms with Crippen LogP contribution in [0.2, 0.25) is 0 Å². The molecule has 4 heterocycles. The molecule has 2 aliphatic heterocycles. The number of amides is 1. The molecule has 3 aromatic rings. The molecule has 208 valence electrons. The number of aliphatic hydroxyl groups is 1. The summed E-state index contributed by atoms with van der Waals surface area (Å²) in [6, 6.07) is 8.56. The van der Waals surface area contributed by atoms with Crippen LogP contribution in [0.5, 0.6) is 5.88 Å². The molecular formula is C27H32F2N6O4. The first-order valence-electron chi connectivity index (χ1n) is 13.6. The number of halogens is 2. The smallest absolute Gasteiger partial charge is 0.296 e. The van der Waals surface area contributed by atoms with Crippen LogP contribution in [0, 0.1) is 5.92 Å². The molecule has 39 heavy (non-hydrogen) atoms. The van der Waals surface area contributed by atoms with E-state index < -0.39 is 12.5 Å². The van der Waals surface area contributed by atoms with Crippen LogP contribution in [0.25, 0.3) is 16.9 Å². The molecule has 1 N–H and O–H groups in total. The Morgan fingerprint density at radius 1 is 1.03 bits per heavy atom. The lowest BCUT2D eigenvalue weighted by molar-refractivity contribution is -0.136. The van der Waals surface area contributed by atoms with E-state index in [4.69, 9.17) is 9.47 Å². The number of anilines is 1. The Balaban J connectivity index is 1.26. The van der Waals surface area contributed by atoms with Crippen LogP contribution in [0.1, 0.15) is 44.4 Å². The van der Waals surface area contributed by atoms with Gasteiger partial charge in [0.05, 0.1) is 30.4 Å². The summed E-state index contributed by atoms with van der Waals surface area (Å²) in [5.41, 5.74) is 0.978. The SMILES string of the molecule is O=C(C1CCC(Oc2cc(-n3c(C(F)F)nc4ccccc43)nc(N3CCOCC3)n2)CC1)N1CC[C@H](O)C1. The number of carbonyl (C=O) groups is 1. The van der Waals surface area contributed by atoms with Gasteiger partial charge in [0.15, 0.2) is 5.82 Å². The molecule has 2 saturated heterocycles. The fraction of sp³-hybridized carbons (Fsp3) is 0.556. The molecule has 0 unspecified atom stereocenters. The molecule has 1 aliphatic carbocycles. The van der Waals surface area contributed by atoms with Crippen LogP contribution >= 0.6 is 0 Å². The molecule has 12 heteroatoms. The number of aliphatic hydroxyl groups excluding tert-OH is 1. The second-order valence-electron chi connectivity index (χ2n) is 10.4. The van der Waals surface area contributed by atoms with Gasteiger partial charge in [-0.25, -0.2) is 13.8 Å². The van der Waals surface area contributed by atoms with Gasteiger partial charge >= 0.3 is 0 Å². The molecule has 10 nitrogen and oxygen atoms in total. The Morgan fingerprint density at radius 3 is 2.51 bits per heavy atom. The third-order valence-corrected chi connectivity index (χ3v) is 7.77. The van der Waals surface area contributed by atoms with Gasteiger partial charge in [-0.2, -0.15) is 9.97 Å². The van der Waals surface area contributed by atoms with E-state index in [1.807, 2.05) is 4.90 Å². The Kier molecular flexibility index (Phi) is 7.30. The number of imidazole rings is 1. The van der Waals surface area contributed by atoms with E-state index in [0.29, 0.717) is 94.4 Å². The van der Waals surface area contributed by atoms with Crippen LogP contribution in [0.3, 0.4) is 0 Å². The van der Waals surface area contributed by atoms with E-state index in [9.17, 15) is 18.7 Å². The molecule has 2 aromatic heterocycles. The van der Waals surface area contributed by atoms with Gasteiger partial charge in [0.2, 0.25) is 17.7 Å². The number of para-hydroxylation sites is 2. The molecule has 6 rings (SSSR count). The molecule has 1 atom stereocenters. The van der Waals surface area contributed by atoms with Crippen molar-refractivity contribution in [3.63, 3.8) is 0 Å². The van der Waals surface area contributed by atoms with Crippen LogP contribution in [0.15, 0.2) is 30.3 Å². The Labute approximate surface area is 224 Å². The highest BCUT2D eigenvalue weighted by Crippen LogP contribution is 2.32. The number of alkyl halides is 2. The van der Waals surface area contributed by atoms with Gasteiger partial charge in [-0.3, -0.25) is 9.36 Å². The fourth-order valence-corrected chi connectivity index (χ4v) is 5.71. The second-order valence-corrected chi connectivity index (χ2v) is 10.4. The average Bonchev–Trinajstić information content (AvgIpc) is 3.57. The Bertz CT molecular complexity index is 1320. The molecule has 1 amide bonds. The highest BCUT2D eigenvalue weighted by Gasteiger charge is 2.34. The number of carbonyl (C=O) groups excluding carboxylic acids is 1. The highest BCUT2D eigenvalue weighted by molar-refractivity contribution is 5.79. The minimum absolute atomic E-state index is 0.0778. The predicted molar refractivity (Wildman–Crippen MR) is 138 cm³/mol. The van der Waals surface area contributed by atoms with Gasteiger partial charge in [0.1, 0.15) is 11.9 Å². The first-order valence-corrected chi connectivity index (χ1v) is 13.6. The lowest BCUT2D eigenvalue weighted by atomic mass is 9.86. The van der Waals surface area contributed by atoms with Gasteiger partial charge in [0.25, 0.3) is 6.43 Å². The zero-order valence-corrected chi connectivity index (χ0v) is 21.6. The van der Waals surface area contributed by atoms with Crippen molar-refractivity contribution in [3.8, 4) is 11.7 Å². The Hall–Kier alpha value is -3.38. The van der Waals surface area contributed by atoms with Crippen molar-refractivity contribution < 1.29 is 28.2 Å². The Morgan fingerprint density at radius 2 is 1.79 bits per heavy atom. The number of likely N-dealkylation sites (tertiary alicyclic amines) is 1. The summed E-state index contributed by atoms with van der Waals surface area (Å²) in [7, 11) is 0. The quantitative estimate of drug-likeness (QED) is 0.507. The minimum atomic E-state index is -2.80. The fourth-order valence-electron chi connectivity index (χ4n) is 5.71. The van der Waals surface area contributed by atoms with Gasteiger partial charge in [0, 0.05) is 38.2 Å². The molecule has 1 saturated carbocycles. The van der Waals surface area contributed by atoms with Crippen LogP contribution in [-0.2, 0) is 9.53 Å². The summed E-state index contributed by atoms with van der Waals surface area (Å²) < 4.78 is 41.3.